The van der Waals surface area contributed by atoms with E-state index in [1.807, 2.05) is 30.3 Å². The quantitative estimate of drug-likeness (QED) is 0.569. The highest BCUT2D eigenvalue weighted by Gasteiger charge is 2.50. The molecular formula is C21H36O6Si. The minimum Gasteiger partial charge on any atom is -0.390 e. The maximum atomic E-state index is 10.4. The second-order valence-electron chi connectivity index (χ2n) is 9.02. The van der Waals surface area contributed by atoms with Crippen LogP contribution in [-0.4, -0.2) is 60.9 Å². The molecule has 1 aromatic rings. The van der Waals surface area contributed by atoms with Crippen molar-refractivity contribution in [2.24, 2.45) is 5.92 Å². The van der Waals surface area contributed by atoms with Crippen LogP contribution in [0.5, 0.6) is 0 Å². The summed E-state index contributed by atoms with van der Waals surface area (Å²) in [5.74, 6) is 0.385. The zero-order valence-electron chi connectivity index (χ0n) is 17.8. The Kier molecular flexibility index (Phi) is 7.83. The Morgan fingerprint density at radius 3 is 2.21 bits per heavy atom. The Bertz CT molecular complexity index is 606. The summed E-state index contributed by atoms with van der Waals surface area (Å²) in [4.78, 5) is 0. The highest BCUT2D eigenvalue weighted by atomic mass is 28.4. The highest BCUT2D eigenvalue weighted by molar-refractivity contribution is 6.74. The Morgan fingerprint density at radius 1 is 1.04 bits per heavy atom. The summed E-state index contributed by atoms with van der Waals surface area (Å²) in [5, 5.41) is 31.0. The first-order valence-electron chi connectivity index (χ1n) is 9.96. The van der Waals surface area contributed by atoms with E-state index in [-0.39, 0.29) is 11.6 Å². The van der Waals surface area contributed by atoms with Crippen LogP contribution in [0.3, 0.4) is 0 Å². The van der Waals surface area contributed by atoms with Gasteiger partial charge in [0, 0.05) is 0 Å². The molecule has 6 nitrogen and oxygen atoms in total. The molecule has 0 aromatic heterocycles. The lowest BCUT2D eigenvalue weighted by Crippen LogP contribution is -2.62. The molecule has 0 radical (unpaired) electrons. The van der Waals surface area contributed by atoms with E-state index < -0.39 is 39.0 Å². The van der Waals surface area contributed by atoms with Gasteiger partial charge in [-0.1, -0.05) is 58.0 Å². The molecule has 0 aliphatic carbocycles. The van der Waals surface area contributed by atoms with Crippen molar-refractivity contribution in [2.75, 3.05) is 6.61 Å². The number of aliphatic hydroxyl groups excluding tert-OH is 3. The fourth-order valence-corrected chi connectivity index (χ4v) is 5.63. The van der Waals surface area contributed by atoms with E-state index in [0.717, 1.165) is 5.56 Å². The summed E-state index contributed by atoms with van der Waals surface area (Å²) in [5.41, 5.74) is 1.01. The summed E-state index contributed by atoms with van der Waals surface area (Å²) in [6, 6.07) is 9.69. The highest BCUT2D eigenvalue weighted by Crippen LogP contribution is 2.45. The van der Waals surface area contributed by atoms with Gasteiger partial charge in [-0.05, 0) is 29.6 Å². The van der Waals surface area contributed by atoms with Crippen molar-refractivity contribution < 1.29 is 29.2 Å². The number of aliphatic hydroxyl groups is 3. The molecule has 0 unspecified atom stereocenters. The van der Waals surface area contributed by atoms with Gasteiger partial charge in [-0.25, -0.2) is 0 Å². The first-order chi connectivity index (χ1) is 13.0. The maximum Gasteiger partial charge on any atom is 0.196 e. The van der Waals surface area contributed by atoms with E-state index in [1.54, 1.807) is 0 Å². The predicted molar refractivity (Wildman–Crippen MR) is 110 cm³/mol. The van der Waals surface area contributed by atoms with Crippen molar-refractivity contribution in [2.45, 2.75) is 83.1 Å². The zero-order valence-corrected chi connectivity index (χ0v) is 18.8. The van der Waals surface area contributed by atoms with E-state index in [1.165, 1.54) is 0 Å². The van der Waals surface area contributed by atoms with Crippen LogP contribution < -0.4 is 0 Å². The van der Waals surface area contributed by atoms with E-state index in [0.29, 0.717) is 12.5 Å². The lowest BCUT2D eigenvalue weighted by Gasteiger charge is -2.48. The Morgan fingerprint density at radius 2 is 1.64 bits per heavy atom. The van der Waals surface area contributed by atoms with Crippen molar-refractivity contribution in [3.8, 4) is 0 Å². The van der Waals surface area contributed by atoms with Crippen molar-refractivity contribution in [1.82, 2.24) is 0 Å². The van der Waals surface area contributed by atoms with Crippen LogP contribution in [0.25, 0.3) is 0 Å². The third-order valence-corrected chi connectivity index (χ3v) is 11.0. The molecule has 28 heavy (non-hydrogen) atoms. The summed E-state index contributed by atoms with van der Waals surface area (Å²) in [7, 11) is -2.31. The van der Waals surface area contributed by atoms with Gasteiger partial charge < -0.3 is 29.2 Å². The molecule has 1 aliphatic heterocycles. The van der Waals surface area contributed by atoms with Crippen molar-refractivity contribution in [3.63, 3.8) is 0 Å². The van der Waals surface area contributed by atoms with Crippen molar-refractivity contribution >= 4 is 8.32 Å². The number of rotatable bonds is 8. The fourth-order valence-electron chi connectivity index (χ4n) is 3.16. The minimum atomic E-state index is -2.31. The molecule has 0 amide bonds. The molecule has 0 bridgehead atoms. The van der Waals surface area contributed by atoms with E-state index >= 15 is 0 Å². The number of hydrogen-bond acceptors (Lipinski definition) is 6. The second-order valence-corrected chi connectivity index (χ2v) is 13.6. The summed E-state index contributed by atoms with van der Waals surface area (Å²) >= 11 is 0. The Hall–Kier alpha value is -0.803. The van der Waals surface area contributed by atoms with E-state index in [4.69, 9.17) is 13.9 Å². The molecule has 1 aliphatic rings. The zero-order chi connectivity index (χ0) is 21.1. The van der Waals surface area contributed by atoms with Crippen LogP contribution in [-0.2, 0) is 20.5 Å². The Labute approximate surface area is 169 Å². The van der Waals surface area contributed by atoms with Crippen molar-refractivity contribution in [1.29, 1.82) is 0 Å². The summed E-state index contributed by atoms with van der Waals surface area (Å²) in [6.07, 6.45) is -5.68. The SMILES string of the molecule is CC(C)C(C)(C)[Si](C)(C)O[C@@H]1O[C@H](COCc2ccccc2)[C@H](O)[C@H](O)[C@H]1O. The van der Waals surface area contributed by atoms with Crippen LogP contribution in [0.4, 0.5) is 0 Å². The average molecular weight is 413 g/mol. The van der Waals surface area contributed by atoms with Gasteiger partial charge in [0.25, 0.3) is 0 Å². The first-order valence-corrected chi connectivity index (χ1v) is 12.9. The molecule has 3 N–H and O–H groups in total. The number of hydrogen-bond donors (Lipinski definition) is 3. The molecule has 0 spiro atoms. The lowest BCUT2D eigenvalue weighted by molar-refractivity contribution is -0.283. The predicted octanol–water partition coefficient (Wildman–Crippen LogP) is 2.67. The molecule has 5 atom stereocenters. The van der Waals surface area contributed by atoms with E-state index in [2.05, 4.69) is 40.8 Å². The average Bonchev–Trinajstić information content (AvgIpc) is 2.64. The third-order valence-electron chi connectivity index (χ3n) is 6.47. The van der Waals surface area contributed by atoms with Gasteiger partial charge in [-0.15, -0.1) is 0 Å². The smallest absolute Gasteiger partial charge is 0.196 e. The van der Waals surface area contributed by atoms with Crippen molar-refractivity contribution in [3.05, 3.63) is 35.9 Å². The maximum absolute atomic E-state index is 10.4. The van der Waals surface area contributed by atoms with Gasteiger partial charge in [0.2, 0.25) is 0 Å². The summed E-state index contributed by atoms with van der Waals surface area (Å²) in [6.45, 7) is 13.2. The normalized spacial score (nSPS) is 29.3. The molecule has 1 aromatic carbocycles. The van der Waals surface area contributed by atoms with Crippen LogP contribution in [0.15, 0.2) is 30.3 Å². The second kappa shape index (κ2) is 9.34. The molecule has 0 saturated carbocycles. The number of benzene rings is 1. The largest absolute Gasteiger partial charge is 0.390 e. The van der Waals surface area contributed by atoms with Gasteiger partial charge in [-0.3, -0.25) is 0 Å². The Balaban J connectivity index is 2.03. The minimum absolute atomic E-state index is 0.0730. The van der Waals surface area contributed by atoms with Crippen LogP contribution in [0.1, 0.15) is 33.3 Å². The van der Waals surface area contributed by atoms with Crippen LogP contribution in [0, 0.1) is 5.92 Å². The third kappa shape index (κ3) is 5.21. The molecular weight excluding hydrogens is 376 g/mol. The molecule has 7 heteroatoms. The lowest BCUT2D eigenvalue weighted by atomic mass is 9.99. The molecule has 1 heterocycles. The molecule has 160 valence electrons. The summed E-state index contributed by atoms with van der Waals surface area (Å²) < 4.78 is 17.8. The van der Waals surface area contributed by atoms with E-state index in [9.17, 15) is 15.3 Å². The van der Waals surface area contributed by atoms with Gasteiger partial charge in [-0.2, -0.15) is 0 Å². The molecule has 1 saturated heterocycles. The van der Waals surface area contributed by atoms with Gasteiger partial charge >= 0.3 is 0 Å². The topological polar surface area (TPSA) is 88.4 Å². The molecule has 2 rings (SSSR count). The van der Waals surface area contributed by atoms with Crippen LogP contribution in [0.2, 0.25) is 18.1 Å². The first kappa shape index (κ1) is 23.5. The number of ether oxygens (including phenoxy) is 2. The fraction of sp³-hybridized carbons (Fsp3) is 0.714. The molecule has 1 fully saturated rings. The van der Waals surface area contributed by atoms with Gasteiger partial charge in [0.15, 0.2) is 14.6 Å². The standard InChI is InChI=1S/C21H36O6Si/c1-14(2)21(3,4)28(5,6)27-20-19(24)18(23)17(22)16(26-20)13-25-12-15-10-8-7-9-11-15/h7-11,14,16-20,22-24H,12-13H2,1-6H3/t16-,17+,18+,19-,20+/m1/s1. The van der Waals surface area contributed by atoms with Crippen LogP contribution >= 0.6 is 0 Å². The van der Waals surface area contributed by atoms with Gasteiger partial charge in [0.05, 0.1) is 13.2 Å². The monoisotopic (exact) mass is 412 g/mol. The van der Waals surface area contributed by atoms with Gasteiger partial charge in [0.1, 0.15) is 24.4 Å².